The minimum absolute atomic E-state index is 0.119. The highest BCUT2D eigenvalue weighted by molar-refractivity contribution is 5.90. The molecule has 26 heavy (non-hydrogen) atoms. The number of benzene rings is 2. The molecule has 0 saturated heterocycles. The molecule has 0 aliphatic rings. The quantitative estimate of drug-likeness (QED) is 0.482. The van der Waals surface area contributed by atoms with E-state index in [0.717, 1.165) is 17.0 Å². The lowest BCUT2D eigenvalue weighted by atomic mass is 10.2. The van der Waals surface area contributed by atoms with Crippen LogP contribution in [0.2, 0.25) is 0 Å². The Morgan fingerprint density at radius 1 is 1.08 bits per heavy atom. The predicted octanol–water partition coefficient (Wildman–Crippen LogP) is 3.43. The molecule has 6 nitrogen and oxygen atoms in total. The van der Waals surface area contributed by atoms with Crippen LogP contribution in [0.15, 0.2) is 60.8 Å². The number of aromatic nitrogens is 2. The molecule has 0 aliphatic heterocycles. The number of ether oxygens (including phenoxy) is 3. The molecule has 3 aromatic rings. The topological polar surface area (TPSA) is 62.6 Å². The first-order valence-electron chi connectivity index (χ1n) is 8.23. The van der Waals surface area contributed by atoms with Crippen molar-refractivity contribution in [2.45, 2.75) is 6.92 Å². The van der Waals surface area contributed by atoms with Crippen LogP contribution in [0.25, 0.3) is 5.69 Å². The number of hydrogen-bond donors (Lipinski definition) is 0. The van der Waals surface area contributed by atoms with E-state index >= 15 is 0 Å². The highest BCUT2D eigenvalue weighted by Crippen LogP contribution is 2.20. The molecule has 0 bridgehead atoms. The largest absolute Gasteiger partial charge is 0.493 e. The normalized spacial score (nSPS) is 10.4. The van der Waals surface area contributed by atoms with Crippen LogP contribution in [-0.4, -0.2) is 36.1 Å². The zero-order valence-electron chi connectivity index (χ0n) is 14.7. The van der Waals surface area contributed by atoms with Crippen molar-refractivity contribution in [1.82, 2.24) is 9.78 Å². The Balaban J connectivity index is 1.60. The molecule has 1 heterocycles. The van der Waals surface area contributed by atoms with Gasteiger partial charge < -0.3 is 14.2 Å². The van der Waals surface area contributed by atoms with E-state index in [1.165, 1.54) is 7.11 Å². The summed E-state index contributed by atoms with van der Waals surface area (Å²) >= 11 is 0. The Labute approximate surface area is 151 Å². The molecule has 0 saturated carbocycles. The molecular formula is C20H20N2O4. The molecule has 3 rings (SSSR count). The second-order valence-electron chi connectivity index (χ2n) is 5.63. The zero-order chi connectivity index (χ0) is 18.4. The molecule has 0 atom stereocenters. The highest BCUT2D eigenvalue weighted by Gasteiger charge is 2.19. The number of carbonyl (C=O) groups excluding carboxylic acids is 1. The lowest BCUT2D eigenvalue weighted by Gasteiger charge is -2.07. The standard InChI is InChI=1S/C20H20N2O4/c1-15-7-6-10-17(13-15)25-11-12-26-20(23)19-18(24-2)14-22(21-19)16-8-4-3-5-9-16/h3-10,13-14H,11-12H2,1-2H3. The average Bonchev–Trinajstić information content (AvgIpc) is 3.10. The van der Waals surface area contributed by atoms with Gasteiger partial charge in [0.05, 0.1) is 19.0 Å². The number of rotatable bonds is 7. The van der Waals surface area contributed by atoms with Crippen molar-refractivity contribution in [3.05, 3.63) is 72.1 Å². The third-order valence-corrected chi connectivity index (χ3v) is 3.69. The monoisotopic (exact) mass is 352 g/mol. The summed E-state index contributed by atoms with van der Waals surface area (Å²) in [6, 6.07) is 17.2. The summed E-state index contributed by atoms with van der Waals surface area (Å²) in [4.78, 5) is 12.3. The maximum Gasteiger partial charge on any atom is 0.362 e. The van der Waals surface area contributed by atoms with Gasteiger partial charge in [-0.1, -0.05) is 30.3 Å². The fourth-order valence-corrected chi connectivity index (χ4v) is 2.43. The van der Waals surface area contributed by atoms with E-state index in [2.05, 4.69) is 5.10 Å². The first-order chi connectivity index (χ1) is 12.7. The molecular weight excluding hydrogens is 332 g/mol. The summed E-state index contributed by atoms with van der Waals surface area (Å²) in [6.45, 7) is 2.37. The van der Waals surface area contributed by atoms with Gasteiger partial charge in [0.25, 0.3) is 0 Å². The molecule has 0 spiro atoms. The van der Waals surface area contributed by atoms with E-state index in [0.29, 0.717) is 5.75 Å². The number of aryl methyl sites for hydroxylation is 1. The second-order valence-corrected chi connectivity index (χ2v) is 5.63. The average molecular weight is 352 g/mol. The Bertz CT molecular complexity index is 875. The number of methoxy groups -OCH3 is 1. The van der Waals surface area contributed by atoms with E-state index < -0.39 is 5.97 Å². The lowest BCUT2D eigenvalue weighted by Crippen LogP contribution is -2.14. The van der Waals surface area contributed by atoms with Gasteiger partial charge in [-0.05, 0) is 36.8 Å². The predicted molar refractivity (Wildman–Crippen MR) is 97.1 cm³/mol. The van der Waals surface area contributed by atoms with Gasteiger partial charge in [-0.3, -0.25) is 0 Å². The van der Waals surface area contributed by atoms with Crippen LogP contribution in [-0.2, 0) is 4.74 Å². The van der Waals surface area contributed by atoms with Crippen LogP contribution in [0.5, 0.6) is 11.5 Å². The molecule has 2 aromatic carbocycles. The third-order valence-electron chi connectivity index (χ3n) is 3.69. The maximum absolute atomic E-state index is 12.3. The molecule has 0 N–H and O–H groups in total. The van der Waals surface area contributed by atoms with Crippen molar-refractivity contribution in [3.8, 4) is 17.2 Å². The summed E-state index contributed by atoms with van der Waals surface area (Å²) in [5, 5.41) is 4.28. The van der Waals surface area contributed by atoms with Gasteiger partial charge in [0.15, 0.2) is 5.75 Å². The molecule has 0 unspecified atom stereocenters. The van der Waals surface area contributed by atoms with Crippen molar-refractivity contribution in [3.63, 3.8) is 0 Å². The van der Waals surface area contributed by atoms with E-state index in [1.54, 1.807) is 10.9 Å². The van der Waals surface area contributed by atoms with Gasteiger partial charge in [-0.2, -0.15) is 5.10 Å². The van der Waals surface area contributed by atoms with Crippen LogP contribution in [0.3, 0.4) is 0 Å². The van der Waals surface area contributed by atoms with Gasteiger partial charge in [0.2, 0.25) is 5.69 Å². The van der Waals surface area contributed by atoms with E-state index in [4.69, 9.17) is 14.2 Å². The maximum atomic E-state index is 12.3. The molecule has 6 heteroatoms. The number of hydrogen-bond acceptors (Lipinski definition) is 5. The SMILES string of the molecule is COc1cn(-c2ccccc2)nc1C(=O)OCCOc1cccc(C)c1. The van der Waals surface area contributed by atoms with Crippen molar-refractivity contribution < 1.29 is 19.0 Å². The fraction of sp³-hybridized carbons (Fsp3) is 0.200. The minimum atomic E-state index is -0.552. The third kappa shape index (κ3) is 4.22. The second kappa shape index (κ2) is 8.20. The number of nitrogens with zero attached hydrogens (tertiary/aromatic N) is 2. The van der Waals surface area contributed by atoms with E-state index in [9.17, 15) is 4.79 Å². The van der Waals surface area contributed by atoms with Gasteiger partial charge >= 0.3 is 5.97 Å². The molecule has 134 valence electrons. The number of carbonyl (C=O) groups is 1. The van der Waals surface area contributed by atoms with Crippen molar-refractivity contribution in [1.29, 1.82) is 0 Å². The zero-order valence-corrected chi connectivity index (χ0v) is 14.7. The van der Waals surface area contributed by atoms with Gasteiger partial charge in [-0.15, -0.1) is 0 Å². The Kier molecular flexibility index (Phi) is 5.53. The summed E-state index contributed by atoms with van der Waals surface area (Å²) in [5.74, 6) is 0.551. The number of para-hydroxylation sites is 1. The van der Waals surface area contributed by atoms with Gasteiger partial charge in [0, 0.05) is 0 Å². The molecule has 0 amide bonds. The molecule has 1 aromatic heterocycles. The molecule has 0 radical (unpaired) electrons. The van der Waals surface area contributed by atoms with Gasteiger partial charge in [-0.25, -0.2) is 9.48 Å². The van der Waals surface area contributed by atoms with Gasteiger partial charge in [0.1, 0.15) is 19.0 Å². The molecule has 0 fully saturated rings. The van der Waals surface area contributed by atoms with Crippen LogP contribution in [0, 0.1) is 6.92 Å². The van der Waals surface area contributed by atoms with Crippen LogP contribution in [0.4, 0.5) is 0 Å². The van der Waals surface area contributed by atoms with Crippen LogP contribution < -0.4 is 9.47 Å². The first kappa shape index (κ1) is 17.5. The summed E-state index contributed by atoms with van der Waals surface area (Å²) in [7, 11) is 1.49. The smallest absolute Gasteiger partial charge is 0.362 e. The van der Waals surface area contributed by atoms with E-state index in [-0.39, 0.29) is 18.9 Å². The summed E-state index contributed by atoms with van der Waals surface area (Å²) in [5.41, 5.74) is 2.07. The summed E-state index contributed by atoms with van der Waals surface area (Å²) in [6.07, 6.45) is 1.65. The van der Waals surface area contributed by atoms with Crippen LogP contribution in [0.1, 0.15) is 16.1 Å². The van der Waals surface area contributed by atoms with E-state index in [1.807, 2.05) is 61.5 Å². The summed E-state index contributed by atoms with van der Waals surface area (Å²) < 4.78 is 17.6. The fourth-order valence-electron chi connectivity index (χ4n) is 2.43. The Morgan fingerprint density at radius 2 is 1.88 bits per heavy atom. The number of esters is 1. The lowest BCUT2D eigenvalue weighted by molar-refractivity contribution is 0.0439. The van der Waals surface area contributed by atoms with Crippen molar-refractivity contribution >= 4 is 5.97 Å². The minimum Gasteiger partial charge on any atom is -0.493 e. The Hall–Kier alpha value is -3.28. The van der Waals surface area contributed by atoms with Crippen LogP contribution >= 0.6 is 0 Å². The highest BCUT2D eigenvalue weighted by atomic mass is 16.6. The van der Waals surface area contributed by atoms with Crippen molar-refractivity contribution in [2.75, 3.05) is 20.3 Å². The van der Waals surface area contributed by atoms with Crippen molar-refractivity contribution in [2.24, 2.45) is 0 Å². The molecule has 0 aliphatic carbocycles. The Morgan fingerprint density at radius 3 is 2.62 bits per heavy atom. The first-order valence-corrected chi connectivity index (χ1v) is 8.23.